The van der Waals surface area contributed by atoms with Gasteiger partial charge in [-0.1, -0.05) is 19.1 Å². The van der Waals surface area contributed by atoms with Crippen LogP contribution >= 0.6 is 0 Å². The highest BCUT2D eigenvalue weighted by atomic mass is 16.6. The maximum absolute atomic E-state index is 12.4. The standard InChI is InChI=1S/C21H30N2O4/c1-5-16-26-18-9-6-17(7-10-18)8-11-19(24)22-12-14-23(15-13-22)20(25)27-21(2,3)4/h6-11H,5,12-16H2,1-4H3/b11-8+. The third-order valence-corrected chi connectivity index (χ3v) is 4.01. The third kappa shape index (κ3) is 6.96. The number of carbonyl (C=O) groups excluding carboxylic acids is 2. The monoisotopic (exact) mass is 374 g/mol. The van der Waals surface area contributed by atoms with Crippen LogP contribution in [0.5, 0.6) is 5.75 Å². The SMILES string of the molecule is CCCOc1ccc(/C=C/C(=O)N2CCN(C(=O)OC(C)(C)C)CC2)cc1. The van der Waals surface area contributed by atoms with E-state index in [4.69, 9.17) is 9.47 Å². The van der Waals surface area contributed by atoms with Crippen LogP contribution in [0.3, 0.4) is 0 Å². The first-order valence-electron chi connectivity index (χ1n) is 9.46. The van der Waals surface area contributed by atoms with Gasteiger partial charge in [0.25, 0.3) is 0 Å². The van der Waals surface area contributed by atoms with Crippen LogP contribution in [0.25, 0.3) is 6.08 Å². The fourth-order valence-electron chi connectivity index (χ4n) is 2.60. The number of carbonyl (C=O) groups is 2. The second-order valence-corrected chi connectivity index (χ2v) is 7.54. The lowest BCUT2D eigenvalue weighted by Gasteiger charge is -2.35. The van der Waals surface area contributed by atoms with Crippen LogP contribution in [-0.4, -0.2) is 60.2 Å². The van der Waals surface area contributed by atoms with Gasteiger partial charge in [-0.15, -0.1) is 0 Å². The van der Waals surface area contributed by atoms with Crippen molar-refractivity contribution in [1.82, 2.24) is 9.80 Å². The first-order valence-corrected chi connectivity index (χ1v) is 9.46. The Morgan fingerprint density at radius 2 is 1.63 bits per heavy atom. The van der Waals surface area contributed by atoms with E-state index in [0.29, 0.717) is 32.8 Å². The Bertz CT molecular complexity index is 654. The summed E-state index contributed by atoms with van der Waals surface area (Å²) < 4.78 is 10.9. The molecule has 0 N–H and O–H groups in total. The van der Waals surface area contributed by atoms with Crippen molar-refractivity contribution in [1.29, 1.82) is 0 Å². The van der Waals surface area contributed by atoms with Gasteiger partial charge in [0, 0.05) is 32.3 Å². The van der Waals surface area contributed by atoms with Crippen molar-refractivity contribution >= 4 is 18.1 Å². The number of ether oxygens (including phenoxy) is 2. The molecular formula is C21H30N2O4. The van der Waals surface area contributed by atoms with E-state index in [1.807, 2.05) is 45.0 Å². The molecule has 2 rings (SSSR count). The molecule has 6 nitrogen and oxygen atoms in total. The van der Waals surface area contributed by atoms with Gasteiger partial charge in [-0.2, -0.15) is 0 Å². The molecule has 1 heterocycles. The van der Waals surface area contributed by atoms with Gasteiger partial charge in [0.1, 0.15) is 11.4 Å². The molecule has 1 aliphatic rings. The molecule has 2 amide bonds. The summed E-state index contributed by atoms with van der Waals surface area (Å²) in [6, 6.07) is 7.66. The Balaban J connectivity index is 1.81. The molecule has 6 heteroatoms. The van der Waals surface area contributed by atoms with Gasteiger partial charge in [0.05, 0.1) is 6.61 Å². The third-order valence-electron chi connectivity index (χ3n) is 4.01. The second kappa shape index (κ2) is 9.44. The molecule has 1 aromatic rings. The highest BCUT2D eigenvalue weighted by molar-refractivity contribution is 5.92. The predicted octanol–water partition coefficient (Wildman–Crippen LogP) is 3.57. The fraction of sp³-hybridized carbons (Fsp3) is 0.524. The molecule has 1 aromatic carbocycles. The average Bonchev–Trinajstić information content (AvgIpc) is 2.64. The summed E-state index contributed by atoms with van der Waals surface area (Å²) in [4.78, 5) is 27.8. The summed E-state index contributed by atoms with van der Waals surface area (Å²) in [6.45, 7) is 10.3. The van der Waals surface area contributed by atoms with Gasteiger partial charge in [-0.3, -0.25) is 4.79 Å². The summed E-state index contributed by atoms with van der Waals surface area (Å²) in [5.41, 5.74) is 0.434. The Morgan fingerprint density at radius 1 is 1.04 bits per heavy atom. The number of amides is 2. The smallest absolute Gasteiger partial charge is 0.410 e. The average molecular weight is 374 g/mol. The first-order chi connectivity index (χ1) is 12.8. The van der Waals surface area contributed by atoms with Crippen LogP contribution in [0.15, 0.2) is 30.3 Å². The maximum Gasteiger partial charge on any atom is 0.410 e. The van der Waals surface area contributed by atoms with E-state index in [9.17, 15) is 9.59 Å². The molecule has 0 spiro atoms. The van der Waals surface area contributed by atoms with E-state index >= 15 is 0 Å². The molecule has 1 saturated heterocycles. The van der Waals surface area contributed by atoms with Crippen LogP contribution in [0.1, 0.15) is 39.7 Å². The van der Waals surface area contributed by atoms with Crippen molar-refractivity contribution in [2.24, 2.45) is 0 Å². The molecule has 27 heavy (non-hydrogen) atoms. The van der Waals surface area contributed by atoms with Crippen molar-refractivity contribution in [3.63, 3.8) is 0 Å². The van der Waals surface area contributed by atoms with Crippen molar-refractivity contribution in [2.75, 3.05) is 32.8 Å². The Kier molecular flexibility index (Phi) is 7.28. The number of hydrogen-bond acceptors (Lipinski definition) is 4. The normalized spacial score (nSPS) is 15.1. The minimum atomic E-state index is -0.510. The molecule has 1 aliphatic heterocycles. The molecule has 0 aliphatic carbocycles. The Hall–Kier alpha value is -2.50. The summed E-state index contributed by atoms with van der Waals surface area (Å²) in [5, 5.41) is 0. The number of piperazine rings is 1. The van der Waals surface area contributed by atoms with Crippen molar-refractivity contribution < 1.29 is 19.1 Å². The van der Waals surface area contributed by atoms with Crippen molar-refractivity contribution in [2.45, 2.75) is 39.7 Å². The minimum Gasteiger partial charge on any atom is -0.494 e. The van der Waals surface area contributed by atoms with E-state index in [0.717, 1.165) is 17.7 Å². The maximum atomic E-state index is 12.4. The topological polar surface area (TPSA) is 59.1 Å². The highest BCUT2D eigenvalue weighted by Gasteiger charge is 2.26. The number of hydrogen-bond donors (Lipinski definition) is 0. The van der Waals surface area contributed by atoms with Gasteiger partial charge in [0.2, 0.25) is 5.91 Å². The second-order valence-electron chi connectivity index (χ2n) is 7.54. The molecule has 148 valence electrons. The van der Waals surface area contributed by atoms with E-state index in [1.165, 1.54) is 0 Å². The molecule has 0 radical (unpaired) electrons. The van der Waals surface area contributed by atoms with Gasteiger partial charge >= 0.3 is 6.09 Å². The molecule has 1 fully saturated rings. The molecule has 0 saturated carbocycles. The van der Waals surface area contributed by atoms with E-state index in [1.54, 1.807) is 22.0 Å². The Morgan fingerprint density at radius 3 is 2.19 bits per heavy atom. The lowest BCUT2D eigenvalue weighted by Crippen LogP contribution is -2.51. The lowest BCUT2D eigenvalue weighted by molar-refractivity contribution is -0.127. The number of nitrogens with zero attached hydrogens (tertiary/aromatic N) is 2. The predicted molar refractivity (Wildman–Crippen MR) is 106 cm³/mol. The van der Waals surface area contributed by atoms with Crippen molar-refractivity contribution in [3.8, 4) is 5.75 Å². The van der Waals surface area contributed by atoms with Gasteiger partial charge in [-0.05, 0) is 51.0 Å². The zero-order valence-electron chi connectivity index (χ0n) is 16.7. The number of benzene rings is 1. The van der Waals surface area contributed by atoms with Crippen LogP contribution in [0.4, 0.5) is 4.79 Å². The summed E-state index contributed by atoms with van der Waals surface area (Å²) in [7, 11) is 0. The summed E-state index contributed by atoms with van der Waals surface area (Å²) in [6.07, 6.45) is 4.02. The highest BCUT2D eigenvalue weighted by Crippen LogP contribution is 2.14. The van der Waals surface area contributed by atoms with E-state index < -0.39 is 5.60 Å². The molecule has 0 bridgehead atoms. The van der Waals surface area contributed by atoms with Crippen LogP contribution < -0.4 is 4.74 Å². The van der Waals surface area contributed by atoms with Gasteiger partial charge in [-0.25, -0.2) is 4.79 Å². The van der Waals surface area contributed by atoms with Gasteiger partial charge < -0.3 is 19.3 Å². The lowest BCUT2D eigenvalue weighted by atomic mass is 10.2. The first kappa shape index (κ1) is 20.8. The summed E-state index contributed by atoms with van der Waals surface area (Å²) in [5.74, 6) is 0.781. The van der Waals surface area contributed by atoms with E-state index in [-0.39, 0.29) is 12.0 Å². The van der Waals surface area contributed by atoms with E-state index in [2.05, 4.69) is 6.92 Å². The molecule has 0 aromatic heterocycles. The largest absolute Gasteiger partial charge is 0.494 e. The minimum absolute atomic E-state index is 0.0508. The molecule has 0 unspecified atom stereocenters. The van der Waals surface area contributed by atoms with Gasteiger partial charge in [0.15, 0.2) is 0 Å². The summed E-state index contributed by atoms with van der Waals surface area (Å²) >= 11 is 0. The zero-order chi connectivity index (χ0) is 19.9. The number of rotatable bonds is 5. The van der Waals surface area contributed by atoms with Crippen LogP contribution in [-0.2, 0) is 9.53 Å². The molecule has 0 atom stereocenters. The zero-order valence-corrected chi connectivity index (χ0v) is 16.7. The quantitative estimate of drug-likeness (QED) is 0.740. The fourth-order valence-corrected chi connectivity index (χ4v) is 2.60. The van der Waals surface area contributed by atoms with Crippen molar-refractivity contribution in [3.05, 3.63) is 35.9 Å². The molecular weight excluding hydrogens is 344 g/mol. The Labute approximate surface area is 161 Å². The van der Waals surface area contributed by atoms with Crippen LogP contribution in [0.2, 0.25) is 0 Å². The van der Waals surface area contributed by atoms with Crippen LogP contribution in [0, 0.1) is 0 Å².